The topological polar surface area (TPSA) is 130 Å². The first-order chi connectivity index (χ1) is 18.1. The van der Waals surface area contributed by atoms with Gasteiger partial charge in [0.05, 0.1) is 29.3 Å². The second kappa shape index (κ2) is 9.92. The van der Waals surface area contributed by atoms with Crippen molar-refractivity contribution >= 4 is 39.0 Å². The van der Waals surface area contributed by atoms with Crippen LogP contribution in [0.4, 0.5) is 10.2 Å². The molecule has 194 valence electrons. The predicted molar refractivity (Wildman–Crippen MR) is 137 cm³/mol. The molecular formula is C25H20ClFN6O4S. The summed E-state index contributed by atoms with van der Waals surface area (Å²) in [5.74, 6) is -0.978. The number of benzene rings is 1. The Labute approximate surface area is 222 Å². The highest BCUT2D eigenvalue weighted by Crippen LogP contribution is 2.37. The van der Waals surface area contributed by atoms with Gasteiger partial charge in [-0.1, -0.05) is 23.7 Å². The first-order valence-corrected chi connectivity index (χ1v) is 13.6. The van der Waals surface area contributed by atoms with E-state index in [0.717, 1.165) is 18.0 Å². The molecule has 1 amide bonds. The summed E-state index contributed by atoms with van der Waals surface area (Å²) in [6.07, 6.45) is 3.23. The average molecular weight is 555 g/mol. The molecule has 0 spiro atoms. The number of aromatic nitrogens is 3. The zero-order valence-corrected chi connectivity index (χ0v) is 21.5. The van der Waals surface area contributed by atoms with Gasteiger partial charge in [0.15, 0.2) is 17.5 Å². The van der Waals surface area contributed by atoms with Crippen LogP contribution in [0.15, 0.2) is 54.7 Å². The fourth-order valence-corrected chi connectivity index (χ4v) is 5.14. The lowest BCUT2D eigenvalue weighted by molar-refractivity contribution is -0.135. The number of rotatable bonds is 6. The number of hydrogen-bond acceptors (Lipinski definition) is 7. The first kappa shape index (κ1) is 25.4. The summed E-state index contributed by atoms with van der Waals surface area (Å²) >= 11 is 6.14. The van der Waals surface area contributed by atoms with Crippen LogP contribution in [0.25, 0.3) is 5.65 Å². The number of ether oxygens (including phenoxy) is 1. The molecule has 1 aliphatic rings. The molecule has 1 aliphatic heterocycles. The van der Waals surface area contributed by atoms with Crippen LogP contribution in [0.1, 0.15) is 28.6 Å². The minimum absolute atomic E-state index is 0.00343. The standard InChI is InChI=1S/C25H20ClFN6O4S/c1-38(35,36)31-20-8-7-19(25(26)30-20)37-14-22(34)33-11-9-18-24(32-10-3-2-4-21(32)29-18)23(33)16-6-5-15(13-28)12-17(16)27/h2-8,10,12,23H,9,11,14H2,1H3,(H,30,31). The minimum Gasteiger partial charge on any atom is -0.481 e. The van der Waals surface area contributed by atoms with Crippen molar-refractivity contribution in [3.8, 4) is 11.8 Å². The van der Waals surface area contributed by atoms with Crippen LogP contribution in [-0.4, -0.2) is 53.0 Å². The third kappa shape index (κ3) is 4.98. The van der Waals surface area contributed by atoms with Crippen molar-refractivity contribution in [2.24, 2.45) is 0 Å². The molecule has 1 aromatic carbocycles. The van der Waals surface area contributed by atoms with E-state index in [1.165, 1.54) is 29.2 Å². The summed E-state index contributed by atoms with van der Waals surface area (Å²) in [7, 11) is -3.55. The molecule has 0 fully saturated rings. The van der Waals surface area contributed by atoms with E-state index in [4.69, 9.17) is 16.3 Å². The van der Waals surface area contributed by atoms with Crippen LogP contribution in [-0.2, 0) is 21.2 Å². The van der Waals surface area contributed by atoms with Crippen molar-refractivity contribution in [3.05, 3.63) is 88.2 Å². The quantitative estimate of drug-likeness (QED) is 0.362. The number of halogens is 2. The molecule has 0 bridgehead atoms. The molecule has 5 rings (SSSR count). The Kier molecular flexibility index (Phi) is 6.64. The van der Waals surface area contributed by atoms with Gasteiger partial charge >= 0.3 is 0 Å². The summed E-state index contributed by atoms with van der Waals surface area (Å²) in [6, 6.07) is 13.5. The molecule has 1 N–H and O–H groups in total. The van der Waals surface area contributed by atoms with E-state index < -0.39 is 34.4 Å². The summed E-state index contributed by atoms with van der Waals surface area (Å²) in [6.45, 7) is -0.174. The lowest BCUT2D eigenvalue weighted by Gasteiger charge is -2.36. The number of sulfonamides is 1. The number of pyridine rings is 2. The molecule has 13 heteroatoms. The normalized spacial score (nSPS) is 15.1. The zero-order valence-electron chi connectivity index (χ0n) is 19.9. The predicted octanol–water partition coefficient (Wildman–Crippen LogP) is 3.32. The number of anilines is 1. The van der Waals surface area contributed by atoms with Crippen molar-refractivity contribution in [1.82, 2.24) is 19.3 Å². The van der Waals surface area contributed by atoms with Gasteiger partial charge in [0.25, 0.3) is 5.91 Å². The highest BCUT2D eigenvalue weighted by atomic mass is 35.5. The number of hydrogen-bond donors (Lipinski definition) is 1. The number of carbonyl (C=O) groups is 1. The van der Waals surface area contributed by atoms with Gasteiger partial charge in [-0.2, -0.15) is 5.26 Å². The monoisotopic (exact) mass is 554 g/mol. The molecule has 0 aliphatic carbocycles. The second-order valence-electron chi connectivity index (χ2n) is 8.61. The van der Waals surface area contributed by atoms with E-state index in [0.29, 0.717) is 17.8 Å². The van der Waals surface area contributed by atoms with Gasteiger partial charge in [-0.3, -0.25) is 9.52 Å². The van der Waals surface area contributed by atoms with Gasteiger partial charge in [0, 0.05) is 24.7 Å². The molecule has 0 saturated carbocycles. The number of imidazole rings is 1. The Morgan fingerprint density at radius 2 is 2.08 bits per heavy atom. The van der Waals surface area contributed by atoms with E-state index in [-0.39, 0.29) is 34.4 Å². The highest BCUT2D eigenvalue weighted by molar-refractivity contribution is 7.92. The number of nitrogens with zero attached hydrogens (tertiary/aromatic N) is 5. The Morgan fingerprint density at radius 1 is 1.26 bits per heavy atom. The molecule has 10 nitrogen and oxygen atoms in total. The smallest absolute Gasteiger partial charge is 0.261 e. The van der Waals surface area contributed by atoms with E-state index in [9.17, 15) is 18.5 Å². The molecule has 0 radical (unpaired) electrons. The lowest BCUT2D eigenvalue weighted by Crippen LogP contribution is -2.43. The van der Waals surface area contributed by atoms with Crippen LogP contribution in [0.2, 0.25) is 5.15 Å². The summed E-state index contributed by atoms with van der Waals surface area (Å²) in [5.41, 5.74) is 2.45. The van der Waals surface area contributed by atoms with Gasteiger partial charge in [-0.15, -0.1) is 0 Å². The number of amides is 1. The zero-order chi connectivity index (χ0) is 27.0. The average Bonchev–Trinajstić information content (AvgIpc) is 3.25. The fourth-order valence-electron chi connectivity index (χ4n) is 4.44. The van der Waals surface area contributed by atoms with E-state index in [1.54, 1.807) is 6.20 Å². The van der Waals surface area contributed by atoms with Gasteiger partial charge in [-0.05, 0) is 36.4 Å². The van der Waals surface area contributed by atoms with Crippen LogP contribution in [0, 0.1) is 17.1 Å². The second-order valence-corrected chi connectivity index (χ2v) is 10.7. The highest BCUT2D eigenvalue weighted by Gasteiger charge is 2.37. The Hall–Kier alpha value is -4.21. The first-order valence-electron chi connectivity index (χ1n) is 11.4. The Bertz CT molecular complexity index is 1720. The summed E-state index contributed by atoms with van der Waals surface area (Å²) in [4.78, 5) is 23.6. The van der Waals surface area contributed by atoms with E-state index >= 15 is 4.39 Å². The van der Waals surface area contributed by atoms with Gasteiger partial charge in [-0.25, -0.2) is 22.8 Å². The minimum atomic E-state index is -3.55. The Balaban J connectivity index is 1.47. The third-order valence-corrected chi connectivity index (χ3v) is 6.85. The van der Waals surface area contributed by atoms with Gasteiger partial charge in [0.2, 0.25) is 10.0 Å². The Morgan fingerprint density at radius 3 is 2.79 bits per heavy atom. The van der Waals surface area contributed by atoms with Crippen LogP contribution < -0.4 is 9.46 Å². The molecular weight excluding hydrogens is 535 g/mol. The number of nitrogens with one attached hydrogen (secondary N) is 1. The van der Waals surface area contributed by atoms with Gasteiger partial charge < -0.3 is 14.0 Å². The van der Waals surface area contributed by atoms with Crippen molar-refractivity contribution in [3.63, 3.8) is 0 Å². The third-order valence-electron chi connectivity index (χ3n) is 6.00. The largest absolute Gasteiger partial charge is 0.481 e. The molecule has 38 heavy (non-hydrogen) atoms. The van der Waals surface area contributed by atoms with Crippen LogP contribution in [0.5, 0.6) is 5.75 Å². The van der Waals surface area contributed by atoms with Crippen molar-refractivity contribution in [1.29, 1.82) is 5.26 Å². The van der Waals surface area contributed by atoms with Crippen LogP contribution >= 0.6 is 11.6 Å². The number of nitriles is 1. The van der Waals surface area contributed by atoms with Crippen molar-refractivity contribution < 1.29 is 22.3 Å². The summed E-state index contributed by atoms with van der Waals surface area (Å²) in [5, 5.41) is 9.05. The number of carbonyl (C=O) groups excluding carboxylic acids is 1. The summed E-state index contributed by atoms with van der Waals surface area (Å²) < 4.78 is 47.8. The van der Waals surface area contributed by atoms with Crippen molar-refractivity contribution in [2.45, 2.75) is 12.5 Å². The van der Waals surface area contributed by atoms with E-state index in [2.05, 4.69) is 14.7 Å². The molecule has 1 unspecified atom stereocenters. The van der Waals surface area contributed by atoms with E-state index in [1.807, 2.05) is 28.7 Å². The maximum absolute atomic E-state index is 15.3. The lowest BCUT2D eigenvalue weighted by atomic mass is 9.94. The fraction of sp³-hybridized carbons (Fsp3) is 0.200. The maximum atomic E-state index is 15.3. The van der Waals surface area contributed by atoms with Gasteiger partial charge in [0.1, 0.15) is 23.3 Å². The number of fused-ring (bicyclic) bond motifs is 3. The van der Waals surface area contributed by atoms with Crippen molar-refractivity contribution in [2.75, 3.05) is 24.1 Å². The maximum Gasteiger partial charge on any atom is 0.261 e. The molecule has 4 heterocycles. The van der Waals surface area contributed by atoms with Crippen LogP contribution in [0.3, 0.4) is 0 Å². The SMILES string of the molecule is CS(=O)(=O)Nc1ccc(OCC(=O)N2CCc3nc4ccccn4c3C2c2ccc(C#N)cc2F)c(Cl)n1. The molecule has 3 aromatic heterocycles. The molecule has 4 aromatic rings. The molecule has 1 atom stereocenters. The molecule has 0 saturated heterocycles.